The predicted octanol–water partition coefficient (Wildman–Crippen LogP) is 2.31. The first-order chi connectivity index (χ1) is 15.6. The average molecular weight is 430 g/mol. The fourth-order valence-electron chi connectivity index (χ4n) is 3.84. The Kier molecular flexibility index (Phi) is 4.91. The van der Waals surface area contributed by atoms with E-state index in [9.17, 15) is 9.90 Å². The Labute approximate surface area is 182 Å². The number of aliphatic hydroxyl groups is 1. The van der Waals surface area contributed by atoms with Crippen LogP contribution in [0.1, 0.15) is 31.5 Å². The molecule has 162 valence electrons. The zero-order valence-corrected chi connectivity index (χ0v) is 17.6. The number of nitrogens with one attached hydrogen (secondary N) is 1. The Hall–Kier alpha value is -4.05. The molecule has 0 amide bonds. The van der Waals surface area contributed by atoms with E-state index in [0.29, 0.717) is 17.1 Å². The van der Waals surface area contributed by atoms with Crippen molar-refractivity contribution in [1.82, 2.24) is 39.1 Å². The van der Waals surface area contributed by atoms with Crippen LogP contribution in [0.15, 0.2) is 66.1 Å². The van der Waals surface area contributed by atoms with Crippen LogP contribution < -0.4 is 5.56 Å². The molecule has 0 aliphatic heterocycles. The third-order valence-electron chi connectivity index (χ3n) is 5.42. The van der Waals surface area contributed by atoms with Crippen LogP contribution in [0.2, 0.25) is 0 Å². The Bertz CT molecular complexity index is 1410. The molecule has 5 rings (SSSR count). The maximum Gasteiger partial charge on any atom is 0.297 e. The summed E-state index contributed by atoms with van der Waals surface area (Å²) in [7, 11) is 0. The summed E-state index contributed by atoms with van der Waals surface area (Å²) >= 11 is 0. The van der Waals surface area contributed by atoms with Gasteiger partial charge in [-0.15, -0.1) is 5.10 Å². The van der Waals surface area contributed by atoms with E-state index < -0.39 is 0 Å². The van der Waals surface area contributed by atoms with Gasteiger partial charge in [0.05, 0.1) is 42.5 Å². The standard InChI is InChI=1S/C22H22N8O2/c1-14(2)29-20(17-10-26-28(12-17)19(13-31)15-6-4-3-5-7-15)27-30-18(16-8-24-25-9-16)11-23-21(30)22(29)32/h3-12,14,19,31H,13H2,1-2H3,(H,24,25). The molecule has 4 aromatic heterocycles. The minimum absolute atomic E-state index is 0.110. The van der Waals surface area contributed by atoms with Crippen LogP contribution in [-0.4, -0.2) is 50.9 Å². The summed E-state index contributed by atoms with van der Waals surface area (Å²) in [4.78, 5) is 17.6. The molecule has 0 aliphatic rings. The van der Waals surface area contributed by atoms with Gasteiger partial charge in [-0.05, 0) is 19.4 Å². The molecule has 0 radical (unpaired) electrons. The molecule has 5 aromatic rings. The smallest absolute Gasteiger partial charge is 0.297 e. The summed E-state index contributed by atoms with van der Waals surface area (Å²) in [5, 5.41) is 26.0. The molecule has 10 heteroatoms. The molecule has 0 spiro atoms. The van der Waals surface area contributed by atoms with Gasteiger partial charge in [0.25, 0.3) is 5.56 Å². The lowest BCUT2D eigenvalue weighted by Crippen LogP contribution is -2.27. The summed E-state index contributed by atoms with van der Waals surface area (Å²) in [6.45, 7) is 3.74. The molecule has 0 bridgehead atoms. The van der Waals surface area contributed by atoms with Crippen molar-refractivity contribution in [1.29, 1.82) is 0 Å². The van der Waals surface area contributed by atoms with Crippen LogP contribution in [0.5, 0.6) is 0 Å². The van der Waals surface area contributed by atoms with Crippen LogP contribution in [0.3, 0.4) is 0 Å². The average Bonchev–Trinajstić information content (AvgIpc) is 3.55. The fourth-order valence-corrected chi connectivity index (χ4v) is 3.84. The van der Waals surface area contributed by atoms with Gasteiger partial charge in [0.2, 0.25) is 5.65 Å². The Balaban J connectivity index is 1.68. The molecule has 1 unspecified atom stereocenters. The second-order valence-electron chi connectivity index (χ2n) is 7.78. The number of aromatic amines is 1. The maximum atomic E-state index is 13.3. The number of nitrogens with zero attached hydrogens (tertiary/aromatic N) is 7. The highest BCUT2D eigenvalue weighted by Gasteiger charge is 2.21. The summed E-state index contributed by atoms with van der Waals surface area (Å²) in [5.41, 5.74) is 3.04. The SMILES string of the molecule is CC(C)n1c(-c2cnn(C(CO)c3ccccc3)c2)nn2c(-c3cn[nH]c3)cnc2c1=O. The second kappa shape index (κ2) is 7.89. The zero-order valence-electron chi connectivity index (χ0n) is 17.6. The summed E-state index contributed by atoms with van der Waals surface area (Å²) in [6, 6.07) is 9.17. The number of imidazole rings is 1. The van der Waals surface area contributed by atoms with E-state index in [1.54, 1.807) is 44.7 Å². The number of hydrogen-bond acceptors (Lipinski definition) is 6. The highest BCUT2D eigenvalue weighted by atomic mass is 16.3. The number of aliphatic hydroxyl groups excluding tert-OH is 1. The van der Waals surface area contributed by atoms with Crippen molar-refractivity contribution in [3.63, 3.8) is 0 Å². The van der Waals surface area contributed by atoms with E-state index in [1.807, 2.05) is 44.2 Å². The number of H-pyrrole nitrogens is 1. The monoisotopic (exact) mass is 430 g/mol. The van der Waals surface area contributed by atoms with E-state index in [2.05, 4.69) is 20.3 Å². The molecule has 10 nitrogen and oxygen atoms in total. The van der Waals surface area contributed by atoms with Crippen molar-refractivity contribution in [2.24, 2.45) is 0 Å². The lowest BCUT2D eigenvalue weighted by Gasteiger charge is -2.16. The zero-order chi connectivity index (χ0) is 22.2. The van der Waals surface area contributed by atoms with Gasteiger partial charge < -0.3 is 5.11 Å². The molecule has 1 atom stereocenters. The van der Waals surface area contributed by atoms with Crippen LogP contribution in [-0.2, 0) is 0 Å². The van der Waals surface area contributed by atoms with Gasteiger partial charge in [-0.1, -0.05) is 30.3 Å². The normalized spacial score (nSPS) is 12.6. The molecule has 0 saturated carbocycles. The quantitative estimate of drug-likeness (QED) is 0.427. The largest absolute Gasteiger partial charge is 0.394 e. The van der Waals surface area contributed by atoms with Crippen molar-refractivity contribution in [2.75, 3.05) is 6.61 Å². The van der Waals surface area contributed by atoms with E-state index in [0.717, 1.165) is 11.1 Å². The highest BCUT2D eigenvalue weighted by molar-refractivity contribution is 5.62. The second-order valence-corrected chi connectivity index (χ2v) is 7.78. The Morgan fingerprint density at radius 3 is 2.59 bits per heavy atom. The van der Waals surface area contributed by atoms with Crippen molar-refractivity contribution in [2.45, 2.75) is 25.9 Å². The number of benzene rings is 1. The summed E-state index contributed by atoms with van der Waals surface area (Å²) in [5.74, 6) is 0.469. The van der Waals surface area contributed by atoms with Crippen LogP contribution in [0, 0.1) is 0 Å². The first-order valence-electron chi connectivity index (χ1n) is 10.3. The van der Waals surface area contributed by atoms with Crippen LogP contribution in [0.25, 0.3) is 28.3 Å². The van der Waals surface area contributed by atoms with Crippen molar-refractivity contribution in [3.05, 3.63) is 77.2 Å². The molecule has 0 fully saturated rings. The third kappa shape index (κ3) is 3.21. The molecular weight excluding hydrogens is 408 g/mol. The molecule has 0 saturated heterocycles. The first-order valence-corrected chi connectivity index (χ1v) is 10.3. The summed E-state index contributed by atoms with van der Waals surface area (Å²) < 4.78 is 4.84. The first kappa shape index (κ1) is 19.9. The van der Waals surface area contributed by atoms with E-state index in [-0.39, 0.29) is 29.9 Å². The topological polar surface area (TPSA) is 119 Å². The molecule has 0 aliphatic carbocycles. The maximum absolute atomic E-state index is 13.3. The molecule has 1 aromatic carbocycles. The van der Waals surface area contributed by atoms with Gasteiger partial charge in [0, 0.05) is 24.0 Å². The van der Waals surface area contributed by atoms with Gasteiger partial charge in [0.15, 0.2) is 5.82 Å². The minimum atomic E-state index is -0.345. The highest BCUT2D eigenvalue weighted by Crippen LogP contribution is 2.24. The van der Waals surface area contributed by atoms with E-state index in [1.165, 1.54) is 0 Å². The minimum Gasteiger partial charge on any atom is -0.394 e. The Morgan fingerprint density at radius 1 is 1.09 bits per heavy atom. The Morgan fingerprint density at radius 2 is 1.91 bits per heavy atom. The van der Waals surface area contributed by atoms with Crippen molar-refractivity contribution < 1.29 is 5.11 Å². The number of aromatic nitrogens is 8. The molecule has 2 N–H and O–H groups in total. The third-order valence-corrected chi connectivity index (χ3v) is 5.42. The van der Waals surface area contributed by atoms with E-state index >= 15 is 0 Å². The molecular formula is C22H22N8O2. The van der Waals surface area contributed by atoms with Crippen LogP contribution in [0.4, 0.5) is 0 Å². The molecule has 32 heavy (non-hydrogen) atoms. The summed E-state index contributed by atoms with van der Waals surface area (Å²) in [6.07, 6.45) is 8.45. The van der Waals surface area contributed by atoms with Crippen LogP contribution >= 0.6 is 0 Å². The van der Waals surface area contributed by atoms with Gasteiger partial charge in [0.1, 0.15) is 0 Å². The number of fused-ring (bicyclic) bond motifs is 1. The lowest BCUT2D eigenvalue weighted by atomic mass is 10.1. The van der Waals surface area contributed by atoms with Gasteiger partial charge in [-0.3, -0.25) is 19.1 Å². The van der Waals surface area contributed by atoms with Gasteiger partial charge in [-0.25, -0.2) is 9.50 Å². The number of hydrogen-bond donors (Lipinski definition) is 2. The van der Waals surface area contributed by atoms with Gasteiger partial charge in [-0.2, -0.15) is 10.2 Å². The van der Waals surface area contributed by atoms with E-state index in [4.69, 9.17) is 5.10 Å². The predicted molar refractivity (Wildman–Crippen MR) is 118 cm³/mol. The van der Waals surface area contributed by atoms with Crippen molar-refractivity contribution >= 4 is 5.65 Å². The lowest BCUT2D eigenvalue weighted by molar-refractivity contribution is 0.241. The fraction of sp³-hybridized carbons (Fsp3) is 0.227. The van der Waals surface area contributed by atoms with Gasteiger partial charge >= 0.3 is 0 Å². The number of rotatable bonds is 6. The molecule has 4 heterocycles. The van der Waals surface area contributed by atoms with Crippen molar-refractivity contribution in [3.8, 4) is 22.6 Å².